The third-order valence-corrected chi connectivity index (χ3v) is 8.68. The number of ether oxygens (including phenoxy) is 2. The van der Waals surface area contributed by atoms with Crippen molar-refractivity contribution in [3.05, 3.63) is 82.2 Å². The van der Waals surface area contributed by atoms with Gasteiger partial charge in [0.2, 0.25) is 0 Å². The van der Waals surface area contributed by atoms with Gasteiger partial charge in [0, 0.05) is 26.2 Å². The highest BCUT2D eigenvalue weighted by atomic mass is 16.6. The number of anilines is 2. The predicted octanol–water partition coefficient (Wildman–Crippen LogP) is 6.67. The number of aromatic nitrogens is 2. The number of imidazole rings is 1. The largest absolute Gasteiger partial charge is 0.457 e. The molecule has 0 amide bonds. The average Bonchev–Trinajstić information content (AvgIpc) is 3.70. The summed E-state index contributed by atoms with van der Waals surface area (Å²) in [5.74, 6) is -0.716. The lowest BCUT2D eigenvalue weighted by Crippen LogP contribution is -2.30. The van der Waals surface area contributed by atoms with Gasteiger partial charge in [0.05, 0.1) is 39.6 Å². The van der Waals surface area contributed by atoms with Gasteiger partial charge in [-0.3, -0.25) is 10.1 Å². The molecule has 6 rings (SSSR count). The van der Waals surface area contributed by atoms with Crippen molar-refractivity contribution in [3.8, 4) is 11.1 Å². The maximum absolute atomic E-state index is 13.6. The summed E-state index contributed by atoms with van der Waals surface area (Å²) >= 11 is 0. The molecular formula is C33H37N5O5. The molecule has 1 aliphatic heterocycles. The molecule has 0 radical (unpaired) electrons. The van der Waals surface area contributed by atoms with Crippen LogP contribution in [-0.4, -0.2) is 46.7 Å². The third kappa shape index (κ3) is 5.92. The normalized spacial score (nSPS) is 17.3. The third-order valence-electron chi connectivity index (χ3n) is 8.68. The lowest BCUT2D eigenvalue weighted by atomic mass is 9.95. The second-order valence-electron chi connectivity index (χ2n) is 11.6. The fraction of sp³-hybridized carbons (Fsp3) is 0.394. The molecule has 2 fully saturated rings. The maximum Gasteiger partial charge on any atom is 0.342 e. The minimum absolute atomic E-state index is 0.0156. The van der Waals surface area contributed by atoms with Gasteiger partial charge in [-0.05, 0) is 55.0 Å². The van der Waals surface area contributed by atoms with Gasteiger partial charge in [-0.15, -0.1) is 0 Å². The number of esters is 1. The molecule has 0 bridgehead atoms. The van der Waals surface area contributed by atoms with Crippen molar-refractivity contribution < 1.29 is 19.2 Å². The Hall–Kier alpha value is -4.44. The van der Waals surface area contributed by atoms with E-state index in [0.717, 1.165) is 42.3 Å². The highest BCUT2D eigenvalue weighted by Crippen LogP contribution is 2.43. The number of carbonyl (C=O) groups excluding carboxylic acids is 1. The highest BCUT2D eigenvalue weighted by Gasteiger charge is 2.32. The van der Waals surface area contributed by atoms with Crippen molar-refractivity contribution >= 4 is 34.1 Å². The summed E-state index contributed by atoms with van der Waals surface area (Å²) in [7, 11) is 1.84. The van der Waals surface area contributed by atoms with Crippen LogP contribution in [0.1, 0.15) is 66.9 Å². The number of hydrogen-bond acceptors (Lipinski definition) is 8. The molecular weight excluding hydrogens is 546 g/mol. The van der Waals surface area contributed by atoms with Gasteiger partial charge in [-0.2, -0.15) is 0 Å². The number of carbonyl (C=O) groups is 1. The van der Waals surface area contributed by atoms with Gasteiger partial charge in [0.15, 0.2) is 0 Å². The summed E-state index contributed by atoms with van der Waals surface area (Å²) in [6.07, 6.45) is 9.64. The molecule has 10 nitrogen and oxygen atoms in total. The molecule has 0 spiro atoms. The lowest BCUT2D eigenvalue weighted by molar-refractivity contribution is -0.383. The molecule has 1 atom stereocenters. The molecule has 3 aromatic carbocycles. The number of nitrogens with zero attached hydrogens (tertiary/aromatic N) is 4. The Morgan fingerprint density at radius 1 is 1.12 bits per heavy atom. The van der Waals surface area contributed by atoms with E-state index in [0.29, 0.717) is 36.0 Å². The van der Waals surface area contributed by atoms with Crippen LogP contribution in [0.15, 0.2) is 60.9 Å². The van der Waals surface area contributed by atoms with E-state index in [1.54, 1.807) is 6.07 Å². The van der Waals surface area contributed by atoms with Crippen LogP contribution in [0.2, 0.25) is 0 Å². The fourth-order valence-electron chi connectivity index (χ4n) is 6.45. The quantitative estimate of drug-likeness (QED) is 0.100. The topological polar surface area (TPSA) is 126 Å². The van der Waals surface area contributed by atoms with E-state index in [4.69, 9.17) is 15.2 Å². The Morgan fingerprint density at radius 3 is 2.63 bits per heavy atom. The second-order valence-corrected chi connectivity index (χ2v) is 11.6. The first-order chi connectivity index (χ1) is 20.9. The Labute approximate surface area is 250 Å². The van der Waals surface area contributed by atoms with E-state index in [-0.39, 0.29) is 29.6 Å². The van der Waals surface area contributed by atoms with Crippen molar-refractivity contribution in [2.45, 2.75) is 63.7 Å². The van der Waals surface area contributed by atoms with E-state index in [1.807, 2.05) is 66.8 Å². The highest BCUT2D eigenvalue weighted by molar-refractivity contribution is 6.06. The number of nitro groups is 1. The summed E-state index contributed by atoms with van der Waals surface area (Å²) in [6.45, 7) is 1.20. The second kappa shape index (κ2) is 12.4. The molecule has 1 aromatic heterocycles. The van der Waals surface area contributed by atoms with Crippen LogP contribution < -0.4 is 10.6 Å². The molecule has 10 heteroatoms. The molecule has 1 saturated heterocycles. The number of rotatable bonds is 9. The van der Waals surface area contributed by atoms with Crippen LogP contribution in [0.4, 0.5) is 17.1 Å². The molecule has 224 valence electrons. The summed E-state index contributed by atoms with van der Waals surface area (Å²) in [5.41, 5.74) is 9.92. The van der Waals surface area contributed by atoms with Gasteiger partial charge >= 0.3 is 11.7 Å². The number of hydrogen-bond donors (Lipinski definition) is 1. The Bertz CT molecular complexity index is 1620. The molecule has 2 N–H and O–H groups in total. The van der Waals surface area contributed by atoms with Crippen molar-refractivity contribution in [1.29, 1.82) is 0 Å². The minimum Gasteiger partial charge on any atom is -0.457 e. The van der Waals surface area contributed by atoms with Gasteiger partial charge in [0.25, 0.3) is 0 Å². The number of nitrogens with two attached hydrogens (primary N) is 1. The Morgan fingerprint density at radius 2 is 1.91 bits per heavy atom. The van der Waals surface area contributed by atoms with Gasteiger partial charge in [-0.1, -0.05) is 55.7 Å². The van der Waals surface area contributed by atoms with Gasteiger partial charge in [-0.25, -0.2) is 9.78 Å². The smallest absolute Gasteiger partial charge is 0.342 e. The molecule has 4 aromatic rings. The van der Waals surface area contributed by atoms with Gasteiger partial charge < -0.3 is 24.7 Å². The zero-order valence-electron chi connectivity index (χ0n) is 24.4. The SMILES string of the molecule is CN(CC1CCCO1)c1cc(-c2ccc3c(c2)ncn3C2CCCCC2)c([N+](=O)[O-])c(N)c1C(=O)OCc1ccccc1. The summed E-state index contributed by atoms with van der Waals surface area (Å²) < 4.78 is 13.7. The Balaban J connectivity index is 1.42. The summed E-state index contributed by atoms with van der Waals surface area (Å²) in [6, 6.07) is 17.1. The van der Waals surface area contributed by atoms with Crippen LogP contribution in [0, 0.1) is 10.1 Å². The van der Waals surface area contributed by atoms with Crippen molar-refractivity contribution in [2.24, 2.45) is 0 Å². The standard InChI is InChI=1S/C33H37N5O5/c1-36(19-25-13-8-16-42-25)29-18-26(23-14-15-28-27(17-23)35-21-37(28)24-11-6-3-7-12-24)32(38(40)41)31(34)30(29)33(39)43-20-22-9-4-2-5-10-22/h2,4-5,9-10,14-15,17-18,21,24-25H,3,6-8,11-13,16,19-20,34H2,1H3. The first kappa shape index (κ1) is 28.7. The van der Waals surface area contributed by atoms with Crippen molar-refractivity contribution in [3.63, 3.8) is 0 Å². The molecule has 1 saturated carbocycles. The molecule has 2 aliphatic rings. The van der Waals surface area contributed by atoms with Crippen LogP contribution in [0.3, 0.4) is 0 Å². The first-order valence-electron chi connectivity index (χ1n) is 15.0. The van der Waals surface area contributed by atoms with Crippen molar-refractivity contribution in [1.82, 2.24) is 9.55 Å². The maximum atomic E-state index is 13.6. The van der Waals surface area contributed by atoms with Crippen LogP contribution in [0.5, 0.6) is 0 Å². The first-order valence-corrected chi connectivity index (χ1v) is 15.0. The molecule has 2 heterocycles. The number of likely N-dealkylation sites (N-methyl/N-ethyl adjacent to an activating group) is 1. The molecule has 1 aliphatic carbocycles. The minimum atomic E-state index is -0.716. The van der Waals surface area contributed by atoms with E-state index >= 15 is 0 Å². The Kier molecular flexibility index (Phi) is 8.29. The fourth-order valence-corrected chi connectivity index (χ4v) is 6.45. The summed E-state index contributed by atoms with van der Waals surface area (Å²) in [4.78, 5) is 32.1. The van der Waals surface area contributed by atoms with E-state index in [1.165, 1.54) is 19.3 Å². The monoisotopic (exact) mass is 583 g/mol. The molecule has 1 unspecified atom stereocenters. The lowest BCUT2D eigenvalue weighted by Gasteiger charge is -2.26. The van der Waals surface area contributed by atoms with Crippen LogP contribution >= 0.6 is 0 Å². The van der Waals surface area contributed by atoms with Crippen molar-refractivity contribution in [2.75, 3.05) is 30.8 Å². The average molecular weight is 584 g/mol. The zero-order valence-corrected chi connectivity index (χ0v) is 24.4. The van der Waals surface area contributed by atoms with Crippen LogP contribution in [-0.2, 0) is 16.1 Å². The van der Waals surface area contributed by atoms with E-state index in [2.05, 4.69) is 9.55 Å². The predicted molar refractivity (Wildman–Crippen MR) is 166 cm³/mol. The van der Waals surface area contributed by atoms with E-state index in [9.17, 15) is 14.9 Å². The number of nitrogen functional groups attached to an aromatic ring is 1. The number of benzene rings is 3. The molecule has 43 heavy (non-hydrogen) atoms. The van der Waals surface area contributed by atoms with Crippen LogP contribution in [0.25, 0.3) is 22.2 Å². The number of fused-ring (bicyclic) bond motifs is 1. The summed E-state index contributed by atoms with van der Waals surface area (Å²) in [5, 5.41) is 12.5. The van der Waals surface area contributed by atoms with E-state index < -0.39 is 10.9 Å². The van der Waals surface area contributed by atoms with Gasteiger partial charge in [0.1, 0.15) is 17.9 Å². The number of nitro benzene ring substituents is 1. The zero-order chi connectivity index (χ0) is 29.9.